The average molecular weight is 844 g/mol. The smallest absolute Gasteiger partial charge is 0.328 e. The number of hydrogen-bond acceptors (Lipinski definition) is 10. The second-order valence-corrected chi connectivity index (χ2v) is 16.3. The van der Waals surface area contributed by atoms with E-state index in [9.17, 15) is 24.0 Å². The zero-order valence-electron chi connectivity index (χ0n) is 36.1. The van der Waals surface area contributed by atoms with Crippen LogP contribution in [-0.2, 0) is 19.1 Å². The number of aryl methyl sites for hydroxylation is 3. The van der Waals surface area contributed by atoms with Gasteiger partial charge in [-0.1, -0.05) is 92.6 Å². The molecule has 14 heteroatoms. The number of nitrogens with one attached hydrogen (secondary N) is 4. The van der Waals surface area contributed by atoms with Crippen molar-refractivity contribution in [3.05, 3.63) is 101 Å². The first kappa shape index (κ1) is 45.0. The highest BCUT2D eigenvalue weighted by atomic mass is 16.5. The largest absolute Gasteiger partial charge is 0.467 e. The zero-order chi connectivity index (χ0) is 44.3. The van der Waals surface area contributed by atoms with E-state index in [-0.39, 0.29) is 34.6 Å². The van der Waals surface area contributed by atoms with Gasteiger partial charge in [0.1, 0.15) is 23.7 Å². The second kappa shape index (κ2) is 20.8. The SMILES string of the molecule is COC(=O)[C@@H](NC(=O)c1cc2ccccc2nc1N)C1CCCCC1.COC(=O)[C@@H](NC(=O)c1cc2ccccc2nc1NC(=O)Nc1c(C)cc(C)cc1C)C1CCCCC1. The number of nitrogens with zero attached hydrogens (tertiary/aromatic N) is 2. The molecule has 2 fully saturated rings. The summed E-state index contributed by atoms with van der Waals surface area (Å²) in [6, 6.07) is 20.3. The van der Waals surface area contributed by atoms with Crippen LogP contribution < -0.4 is 27.0 Å². The number of urea groups is 1. The molecule has 326 valence electrons. The second-order valence-electron chi connectivity index (χ2n) is 16.3. The first-order chi connectivity index (χ1) is 29.9. The van der Waals surface area contributed by atoms with Crippen molar-refractivity contribution in [1.29, 1.82) is 0 Å². The Balaban J connectivity index is 0.000000223. The van der Waals surface area contributed by atoms with Gasteiger partial charge in [0, 0.05) is 16.5 Å². The van der Waals surface area contributed by atoms with Crippen molar-refractivity contribution in [2.45, 2.75) is 97.1 Å². The summed E-state index contributed by atoms with van der Waals surface area (Å²) >= 11 is 0. The molecular weight excluding hydrogens is 787 g/mol. The summed E-state index contributed by atoms with van der Waals surface area (Å²) in [5, 5.41) is 12.9. The lowest BCUT2D eigenvalue weighted by molar-refractivity contribution is -0.145. The highest BCUT2D eigenvalue weighted by Gasteiger charge is 2.34. The molecule has 2 aliphatic rings. The molecule has 3 aromatic carbocycles. The van der Waals surface area contributed by atoms with Crippen molar-refractivity contribution in [3.63, 3.8) is 0 Å². The number of pyridine rings is 2. The number of methoxy groups -OCH3 is 2. The maximum absolute atomic E-state index is 13.5. The number of esters is 2. The summed E-state index contributed by atoms with van der Waals surface area (Å²) in [7, 11) is 2.67. The van der Waals surface area contributed by atoms with E-state index in [1.54, 1.807) is 12.1 Å². The highest BCUT2D eigenvalue weighted by Crippen LogP contribution is 2.30. The van der Waals surface area contributed by atoms with Crippen molar-refractivity contribution in [2.24, 2.45) is 11.8 Å². The van der Waals surface area contributed by atoms with Crippen LogP contribution in [0.3, 0.4) is 0 Å². The van der Waals surface area contributed by atoms with Gasteiger partial charge in [-0.15, -0.1) is 0 Å². The van der Waals surface area contributed by atoms with Gasteiger partial charge in [0.15, 0.2) is 0 Å². The van der Waals surface area contributed by atoms with Gasteiger partial charge >= 0.3 is 18.0 Å². The van der Waals surface area contributed by atoms with E-state index in [4.69, 9.17) is 15.2 Å². The lowest BCUT2D eigenvalue weighted by Crippen LogP contribution is -2.47. The quantitative estimate of drug-likeness (QED) is 0.0851. The molecule has 5 aromatic rings. The summed E-state index contributed by atoms with van der Waals surface area (Å²) < 4.78 is 9.92. The predicted molar refractivity (Wildman–Crippen MR) is 241 cm³/mol. The fraction of sp³-hybridized carbons (Fsp3) is 0.396. The Labute approximate surface area is 362 Å². The number of nitrogens with two attached hydrogens (primary N) is 1. The van der Waals surface area contributed by atoms with Gasteiger partial charge in [-0.25, -0.2) is 24.4 Å². The molecule has 0 saturated heterocycles. The van der Waals surface area contributed by atoms with Gasteiger partial charge in [-0.2, -0.15) is 0 Å². The molecule has 0 bridgehead atoms. The zero-order valence-corrected chi connectivity index (χ0v) is 36.1. The van der Waals surface area contributed by atoms with E-state index >= 15 is 0 Å². The highest BCUT2D eigenvalue weighted by molar-refractivity contribution is 6.09. The van der Waals surface area contributed by atoms with Crippen LogP contribution in [0.15, 0.2) is 72.8 Å². The number of carbonyl (C=O) groups excluding carboxylic acids is 5. The molecule has 0 aliphatic heterocycles. The monoisotopic (exact) mass is 843 g/mol. The van der Waals surface area contributed by atoms with Crippen molar-refractivity contribution < 1.29 is 33.4 Å². The fourth-order valence-corrected chi connectivity index (χ4v) is 8.69. The van der Waals surface area contributed by atoms with Gasteiger partial charge in [0.2, 0.25) is 0 Å². The predicted octanol–water partition coefficient (Wildman–Crippen LogP) is 8.32. The van der Waals surface area contributed by atoms with Gasteiger partial charge in [0.05, 0.1) is 36.4 Å². The summed E-state index contributed by atoms with van der Waals surface area (Å²) in [5.41, 5.74) is 11.5. The Morgan fingerprint density at radius 1 is 0.613 bits per heavy atom. The Morgan fingerprint density at radius 2 is 1.06 bits per heavy atom. The van der Waals surface area contributed by atoms with Crippen LogP contribution >= 0.6 is 0 Å². The number of anilines is 3. The van der Waals surface area contributed by atoms with E-state index in [2.05, 4.69) is 31.2 Å². The van der Waals surface area contributed by atoms with Crippen LogP contribution in [0, 0.1) is 32.6 Å². The Morgan fingerprint density at radius 3 is 1.56 bits per heavy atom. The summed E-state index contributed by atoms with van der Waals surface area (Å²) in [5.74, 6) is -1.38. The van der Waals surface area contributed by atoms with Crippen molar-refractivity contribution in [2.75, 3.05) is 30.6 Å². The van der Waals surface area contributed by atoms with E-state index in [0.717, 1.165) is 90.8 Å². The van der Waals surface area contributed by atoms with Gasteiger partial charge in [0.25, 0.3) is 11.8 Å². The number of rotatable bonds is 10. The Hall–Kier alpha value is -6.57. The molecule has 2 saturated carbocycles. The minimum absolute atomic E-state index is 0.00533. The normalized spacial score (nSPS) is 15.3. The van der Waals surface area contributed by atoms with Crippen LogP contribution in [0.5, 0.6) is 0 Å². The van der Waals surface area contributed by atoms with Gasteiger partial charge in [-0.05, 0) is 93.7 Å². The number of nitrogen functional groups attached to an aromatic ring is 1. The molecule has 2 aromatic heterocycles. The molecule has 6 N–H and O–H groups in total. The number of ether oxygens (including phenoxy) is 2. The fourth-order valence-electron chi connectivity index (χ4n) is 8.69. The number of fused-ring (bicyclic) bond motifs is 2. The van der Waals surface area contributed by atoms with Crippen LogP contribution in [0.25, 0.3) is 21.8 Å². The maximum Gasteiger partial charge on any atom is 0.328 e. The van der Waals surface area contributed by atoms with Crippen molar-refractivity contribution >= 4 is 68.9 Å². The lowest BCUT2D eigenvalue weighted by Gasteiger charge is -2.29. The van der Waals surface area contributed by atoms with Gasteiger partial charge in [-0.3, -0.25) is 14.9 Å². The van der Waals surface area contributed by atoms with Gasteiger partial charge < -0.3 is 31.2 Å². The minimum atomic E-state index is -0.760. The van der Waals surface area contributed by atoms with Crippen LogP contribution in [-0.4, -0.2) is 66.1 Å². The number of hydrogen-bond donors (Lipinski definition) is 5. The molecule has 7 rings (SSSR count). The first-order valence-corrected chi connectivity index (χ1v) is 21.3. The summed E-state index contributed by atoms with van der Waals surface area (Å²) in [4.78, 5) is 73.0. The summed E-state index contributed by atoms with van der Waals surface area (Å²) in [6.45, 7) is 5.87. The Kier molecular flexibility index (Phi) is 15.1. The van der Waals surface area contributed by atoms with Crippen molar-refractivity contribution in [1.82, 2.24) is 20.6 Å². The molecule has 4 amide bonds. The molecule has 2 heterocycles. The van der Waals surface area contributed by atoms with Crippen LogP contribution in [0.2, 0.25) is 0 Å². The van der Waals surface area contributed by atoms with E-state index in [1.165, 1.54) is 20.6 Å². The van der Waals surface area contributed by atoms with E-state index in [0.29, 0.717) is 11.2 Å². The molecule has 2 atom stereocenters. The van der Waals surface area contributed by atoms with Crippen LogP contribution in [0.1, 0.15) is 102 Å². The molecule has 0 unspecified atom stereocenters. The molecule has 62 heavy (non-hydrogen) atoms. The molecule has 14 nitrogen and oxygen atoms in total. The summed E-state index contributed by atoms with van der Waals surface area (Å²) in [6.07, 6.45) is 9.94. The number of aromatic nitrogens is 2. The third kappa shape index (κ3) is 11.0. The van der Waals surface area contributed by atoms with Crippen molar-refractivity contribution in [3.8, 4) is 0 Å². The number of carbonyl (C=O) groups is 5. The number of para-hydroxylation sites is 2. The molecular formula is C48H57N7O7. The Bertz CT molecular complexity index is 2420. The average Bonchev–Trinajstić information content (AvgIpc) is 3.28. The topological polar surface area (TPSA) is 204 Å². The standard InChI is InChI=1S/C29H34N4O4.C19H23N3O3/c1-17-14-18(2)24(19(3)15-17)32-29(36)33-26-22(16-21-12-8-9-13-23(21)30-26)27(34)31-25(28(35)37-4)20-10-6-5-7-11-20;1-25-19(24)16(12-7-3-2-4-8-12)22-18(23)14-11-13-9-5-6-10-15(13)21-17(14)20/h8-9,12-16,20,25H,5-7,10-11H2,1-4H3,(H,31,34)(H2,30,32,33,36);5-6,9-12,16H,2-4,7-8H2,1H3,(H2,20,21)(H,22,23)/t25-;16-/m00/s1. The van der Waals surface area contributed by atoms with Crippen LogP contribution in [0.4, 0.5) is 22.1 Å². The molecule has 0 spiro atoms. The first-order valence-electron chi connectivity index (χ1n) is 21.3. The number of benzene rings is 3. The molecule has 2 aliphatic carbocycles. The maximum atomic E-state index is 13.5. The molecule has 0 radical (unpaired) electrons. The minimum Gasteiger partial charge on any atom is -0.467 e. The lowest BCUT2D eigenvalue weighted by atomic mass is 9.83. The van der Waals surface area contributed by atoms with E-state index in [1.807, 2.05) is 81.4 Å². The third-order valence-electron chi connectivity index (χ3n) is 11.8. The van der Waals surface area contributed by atoms with E-state index < -0.39 is 41.9 Å². The number of amides is 4. The third-order valence-corrected chi connectivity index (χ3v) is 11.8.